The number of hydrogen-bond acceptors (Lipinski definition) is 2. The first-order valence-corrected chi connectivity index (χ1v) is 22.7. The van der Waals surface area contributed by atoms with Crippen LogP contribution in [-0.4, -0.2) is 0 Å². The quantitative estimate of drug-likeness (QED) is 0.141. The molecule has 0 amide bonds. The molecule has 0 saturated carbocycles. The molecule has 0 heterocycles. The van der Waals surface area contributed by atoms with Crippen molar-refractivity contribution in [2.75, 3.05) is 9.80 Å². The summed E-state index contributed by atoms with van der Waals surface area (Å²) >= 11 is 0. The summed E-state index contributed by atoms with van der Waals surface area (Å²) in [6.07, 6.45) is 0. The van der Waals surface area contributed by atoms with Crippen LogP contribution in [0.2, 0.25) is 0 Å². The van der Waals surface area contributed by atoms with Gasteiger partial charge in [-0.15, -0.1) is 0 Å². The van der Waals surface area contributed by atoms with Crippen molar-refractivity contribution in [2.45, 2.75) is 0 Å². The summed E-state index contributed by atoms with van der Waals surface area (Å²) < 4.78 is 0. The summed E-state index contributed by atoms with van der Waals surface area (Å²) in [5.74, 6) is 0. The van der Waals surface area contributed by atoms with E-state index in [1.807, 2.05) is 0 Å². The lowest BCUT2D eigenvalue weighted by Crippen LogP contribution is -2.10. The highest BCUT2D eigenvalue weighted by molar-refractivity contribution is 6.28. The van der Waals surface area contributed by atoms with Crippen molar-refractivity contribution in [3.63, 3.8) is 0 Å². The van der Waals surface area contributed by atoms with Gasteiger partial charge in [-0.2, -0.15) is 0 Å². The molecule has 0 unspecified atom stereocenters. The van der Waals surface area contributed by atoms with Gasteiger partial charge in [0, 0.05) is 33.8 Å². The minimum absolute atomic E-state index is 1.11. The Kier molecular flexibility index (Phi) is 8.89. The van der Waals surface area contributed by atoms with E-state index in [4.69, 9.17) is 0 Å². The zero-order chi connectivity index (χ0) is 43.6. The normalized spacial score (nSPS) is 11.6. The number of benzene rings is 13. The molecular weight excluding hydrogens is 797 g/mol. The van der Waals surface area contributed by atoms with Gasteiger partial charge in [0.05, 0.1) is 5.69 Å². The van der Waals surface area contributed by atoms with Crippen LogP contribution < -0.4 is 9.80 Å². The van der Waals surface area contributed by atoms with Crippen LogP contribution in [-0.2, 0) is 0 Å². The maximum Gasteiger partial charge on any atom is 0.0540 e. The second-order valence-electron chi connectivity index (χ2n) is 17.3. The molecule has 308 valence electrons. The lowest BCUT2D eigenvalue weighted by atomic mass is 9.88. The van der Waals surface area contributed by atoms with Crippen LogP contribution in [0.1, 0.15) is 0 Å². The third kappa shape index (κ3) is 6.42. The molecule has 0 N–H and O–H groups in total. The Labute approximate surface area is 383 Å². The third-order valence-corrected chi connectivity index (χ3v) is 13.5. The summed E-state index contributed by atoms with van der Waals surface area (Å²) in [5, 5.41) is 15.0. The first kappa shape index (κ1) is 37.8. The largest absolute Gasteiger partial charge is 0.310 e. The van der Waals surface area contributed by atoms with Gasteiger partial charge in [0.1, 0.15) is 0 Å². The van der Waals surface area contributed by atoms with Crippen molar-refractivity contribution in [3.8, 4) is 22.3 Å². The van der Waals surface area contributed by atoms with Gasteiger partial charge in [-0.25, -0.2) is 0 Å². The Morgan fingerprint density at radius 1 is 0.212 bits per heavy atom. The van der Waals surface area contributed by atoms with Crippen molar-refractivity contribution in [3.05, 3.63) is 255 Å². The summed E-state index contributed by atoms with van der Waals surface area (Å²) in [7, 11) is 0. The zero-order valence-electron chi connectivity index (χ0n) is 36.1. The first-order valence-electron chi connectivity index (χ1n) is 22.7. The van der Waals surface area contributed by atoms with Gasteiger partial charge in [-0.3, -0.25) is 0 Å². The molecule has 0 aliphatic rings. The molecule has 0 aromatic heterocycles. The Bertz CT molecular complexity index is 3850. The number of nitrogens with zero attached hydrogens (tertiary/aromatic N) is 2. The molecule has 66 heavy (non-hydrogen) atoms. The fourth-order valence-corrected chi connectivity index (χ4v) is 10.3. The highest BCUT2D eigenvalue weighted by atomic mass is 15.1. The van der Waals surface area contributed by atoms with E-state index in [1.54, 1.807) is 0 Å². The third-order valence-electron chi connectivity index (χ3n) is 13.5. The van der Waals surface area contributed by atoms with E-state index in [9.17, 15) is 0 Å². The van der Waals surface area contributed by atoms with Gasteiger partial charge >= 0.3 is 0 Å². The van der Waals surface area contributed by atoms with Crippen molar-refractivity contribution in [1.82, 2.24) is 0 Å². The number of fused-ring (bicyclic) bond motifs is 3. The molecule has 13 aromatic rings. The van der Waals surface area contributed by atoms with Gasteiger partial charge in [-0.05, 0) is 148 Å². The minimum atomic E-state index is 1.11. The molecule has 0 atom stereocenters. The predicted octanol–water partition coefficient (Wildman–Crippen LogP) is 18.3. The monoisotopic (exact) mass is 838 g/mol. The summed E-state index contributed by atoms with van der Waals surface area (Å²) in [6, 6.07) is 93.3. The maximum atomic E-state index is 2.41. The van der Waals surface area contributed by atoms with Crippen molar-refractivity contribution in [2.24, 2.45) is 0 Å². The zero-order valence-corrected chi connectivity index (χ0v) is 36.1. The Morgan fingerprint density at radius 3 is 1.15 bits per heavy atom. The fourth-order valence-electron chi connectivity index (χ4n) is 10.3. The molecule has 13 rings (SSSR count). The standard InChI is InChI=1S/C64H42N2/c1-2-16-54(17-3-1)66(58-35-26-45-12-6-9-15-53(45)42-58)62-39-30-50-28-37-60-59(36-27-49-29-38-61(62)64(50)63(49)60)48-20-18-46(19-21-48)47-22-31-55(32-23-47)65(56-33-24-43-10-4-7-13-51(43)40-56)57-34-25-44-11-5-8-14-52(44)41-57/h1-42H. The van der Waals surface area contributed by atoms with Gasteiger partial charge in [0.15, 0.2) is 0 Å². The lowest BCUT2D eigenvalue weighted by molar-refractivity contribution is 1.29. The van der Waals surface area contributed by atoms with Gasteiger partial charge in [0.2, 0.25) is 0 Å². The predicted molar refractivity (Wildman–Crippen MR) is 283 cm³/mol. The van der Waals surface area contributed by atoms with Crippen LogP contribution in [0, 0.1) is 0 Å². The van der Waals surface area contributed by atoms with Crippen molar-refractivity contribution < 1.29 is 0 Å². The van der Waals surface area contributed by atoms with E-state index < -0.39 is 0 Å². The molecule has 0 spiro atoms. The maximum absolute atomic E-state index is 2.41. The number of para-hydroxylation sites is 1. The van der Waals surface area contributed by atoms with Gasteiger partial charge in [0.25, 0.3) is 0 Å². The minimum Gasteiger partial charge on any atom is -0.310 e. The van der Waals surface area contributed by atoms with Crippen LogP contribution in [0.25, 0.3) is 86.9 Å². The molecule has 0 saturated heterocycles. The van der Waals surface area contributed by atoms with Gasteiger partial charge < -0.3 is 9.80 Å². The van der Waals surface area contributed by atoms with Crippen LogP contribution in [0.3, 0.4) is 0 Å². The van der Waals surface area contributed by atoms with E-state index in [1.165, 1.54) is 86.9 Å². The molecular formula is C64H42N2. The average Bonchev–Trinajstić information content (AvgIpc) is 3.39. The molecule has 2 heteroatoms. The number of rotatable bonds is 8. The SMILES string of the molecule is c1ccc(N(c2ccc3ccccc3c2)c2ccc3ccc4c(-c5ccc(-c6ccc(N(c7ccc8ccccc8c7)c7ccc8ccccc8c7)cc6)cc5)ccc5ccc2c3c54)cc1. The molecule has 0 aliphatic carbocycles. The van der Waals surface area contributed by atoms with E-state index in [2.05, 4.69) is 265 Å². The second kappa shape index (κ2) is 15.5. The van der Waals surface area contributed by atoms with Crippen LogP contribution >= 0.6 is 0 Å². The van der Waals surface area contributed by atoms with Crippen molar-refractivity contribution in [1.29, 1.82) is 0 Å². The second-order valence-corrected chi connectivity index (χ2v) is 17.3. The van der Waals surface area contributed by atoms with Crippen LogP contribution in [0.15, 0.2) is 255 Å². The smallest absolute Gasteiger partial charge is 0.0540 e. The van der Waals surface area contributed by atoms with Crippen LogP contribution in [0.4, 0.5) is 34.1 Å². The Morgan fingerprint density at radius 2 is 0.591 bits per heavy atom. The summed E-state index contributed by atoms with van der Waals surface area (Å²) in [5.41, 5.74) is 11.6. The Hall–Kier alpha value is -8.72. The van der Waals surface area contributed by atoms with E-state index >= 15 is 0 Å². The van der Waals surface area contributed by atoms with Crippen molar-refractivity contribution >= 4 is 98.8 Å². The highest BCUT2D eigenvalue weighted by Gasteiger charge is 2.20. The molecule has 0 radical (unpaired) electrons. The fraction of sp³-hybridized carbons (Fsp3) is 0. The topological polar surface area (TPSA) is 6.48 Å². The molecule has 0 bridgehead atoms. The highest BCUT2D eigenvalue weighted by Crippen LogP contribution is 2.46. The summed E-state index contributed by atoms with van der Waals surface area (Å²) in [4.78, 5) is 4.78. The molecule has 2 nitrogen and oxygen atoms in total. The summed E-state index contributed by atoms with van der Waals surface area (Å²) in [6.45, 7) is 0. The molecule has 13 aromatic carbocycles. The van der Waals surface area contributed by atoms with Crippen LogP contribution in [0.5, 0.6) is 0 Å². The molecule has 0 fully saturated rings. The first-order chi connectivity index (χ1) is 32.7. The lowest BCUT2D eigenvalue weighted by Gasteiger charge is -2.28. The van der Waals surface area contributed by atoms with E-state index in [0.717, 1.165) is 34.1 Å². The average molecular weight is 839 g/mol. The number of anilines is 6. The van der Waals surface area contributed by atoms with Gasteiger partial charge in [-0.1, -0.05) is 188 Å². The Balaban J connectivity index is 0.868. The number of hydrogen-bond donors (Lipinski definition) is 0. The van der Waals surface area contributed by atoms with E-state index in [-0.39, 0.29) is 0 Å². The van der Waals surface area contributed by atoms with E-state index in [0.29, 0.717) is 0 Å². The molecule has 0 aliphatic heterocycles.